The Morgan fingerprint density at radius 1 is 1.21 bits per heavy atom. The molecule has 0 amide bonds. The van der Waals surface area contributed by atoms with Gasteiger partial charge in [0.25, 0.3) is 0 Å². The minimum absolute atomic E-state index is 0.0116. The highest BCUT2D eigenvalue weighted by molar-refractivity contribution is 5.16. The summed E-state index contributed by atoms with van der Waals surface area (Å²) >= 11 is 0. The van der Waals surface area contributed by atoms with Crippen molar-refractivity contribution in [1.82, 2.24) is 0 Å². The minimum atomic E-state index is -0.572. The zero-order valence-electron chi connectivity index (χ0n) is 11.5. The number of fused-ring (bicyclic) bond motifs is 4. The van der Waals surface area contributed by atoms with Gasteiger partial charge in [0.15, 0.2) is 12.1 Å². The Morgan fingerprint density at radius 3 is 2.79 bits per heavy atom. The molecule has 1 spiro atoms. The SMILES string of the molecule is CC1(C)O[C@H]2O[C@H](CCO)[C@]3(C[C@@H]4COC[C@@H]43)[C@H]2O1. The molecule has 4 rings (SSSR count). The van der Waals surface area contributed by atoms with Crippen LogP contribution in [0.2, 0.25) is 0 Å². The molecule has 1 aliphatic carbocycles. The van der Waals surface area contributed by atoms with Crippen LogP contribution in [0.25, 0.3) is 0 Å². The molecule has 0 aromatic carbocycles. The lowest BCUT2D eigenvalue weighted by Gasteiger charge is -2.53. The summed E-state index contributed by atoms with van der Waals surface area (Å²) in [6.07, 6.45) is 1.47. The lowest BCUT2D eigenvalue weighted by Crippen LogP contribution is -2.59. The van der Waals surface area contributed by atoms with Gasteiger partial charge in [0.05, 0.1) is 12.7 Å². The molecule has 5 heteroatoms. The van der Waals surface area contributed by atoms with Crippen LogP contribution in [-0.2, 0) is 18.9 Å². The lowest BCUT2D eigenvalue weighted by atomic mass is 9.50. The molecule has 1 saturated carbocycles. The molecular weight excluding hydrogens is 248 g/mol. The maximum absolute atomic E-state index is 9.29. The summed E-state index contributed by atoms with van der Waals surface area (Å²) in [5, 5.41) is 9.29. The van der Waals surface area contributed by atoms with Crippen LogP contribution in [0.15, 0.2) is 0 Å². The summed E-state index contributed by atoms with van der Waals surface area (Å²) in [7, 11) is 0. The van der Waals surface area contributed by atoms with Crippen LogP contribution in [0.5, 0.6) is 0 Å². The maximum atomic E-state index is 9.29. The van der Waals surface area contributed by atoms with Gasteiger partial charge < -0.3 is 24.1 Å². The van der Waals surface area contributed by atoms with E-state index >= 15 is 0 Å². The third-order valence-electron chi connectivity index (χ3n) is 5.38. The van der Waals surface area contributed by atoms with Gasteiger partial charge in [-0.1, -0.05) is 0 Å². The Balaban J connectivity index is 1.65. The van der Waals surface area contributed by atoms with Gasteiger partial charge in [-0.05, 0) is 38.5 Å². The van der Waals surface area contributed by atoms with Crippen molar-refractivity contribution in [1.29, 1.82) is 0 Å². The first-order valence-corrected chi connectivity index (χ1v) is 7.26. The monoisotopic (exact) mass is 270 g/mol. The number of hydrogen-bond donors (Lipinski definition) is 1. The van der Waals surface area contributed by atoms with Crippen LogP contribution in [0.4, 0.5) is 0 Å². The molecule has 5 nitrogen and oxygen atoms in total. The molecule has 0 unspecified atom stereocenters. The zero-order valence-corrected chi connectivity index (χ0v) is 11.5. The van der Waals surface area contributed by atoms with Crippen LogP contribution in [-0.4, -0.2) is 49.2 Å². The van der Waals surface area contributed by atoms with E-state index in [1.807, 2.05) is 13.8 Å². The van der Waals surface area contributed by atoms with Gasteiger partial charge in [-0.3, -0.25) is 0 Å². The molecule has 4 aliphatic rings. The third kappa shape index (κ3) is 1.54. The van der Waals surface area contributed by atoms with Gasteiger partial charge in [0.1, 0.15) is 6.10 Å². The molecule has 0 bridgehead atoms. The number of aliphatic hydroxyl groups is 1. The van der Waals surface area contributed by atoms with Crippen LogP contribution >= 0.6 is 0 Å². The molecule has 3 saturated heterocycles. The number of rotatable bonds is 2. The fourth-order valence-electron chi connectivity index (χ4n) is 4.65. The van der Waals surface area contributed by atoms with Gasteiger partial charge in [-0.15, -0.1) is 0 Å². The summed E-state index contributed by atoms with van der Waals surface area (Å²) in [4.78, 5) is 0. The largest absolute Gasteiger partial charge is 0.396 e. The fourth-order valence-corrected chi connectivity index (χ4v) is 4.65. The van der Waals surface area contributed by atoms with Crippen molar-refractivity contribution in [3.8, 4) is 0 Å². The van der Waals surface area contributed by atoms with Crippen molar-refractivity contribution in [3.05, 3.63) is 0 Å². The van der Waals surface area contributed by atoms with E-state index in [1.165, 1.54) is 0 Å². The Morgan fingerprint density at radius 2 is 2.05 bits per heavy atom. The second kappa shape index (κ2) is 3.92. The summed E-state index contributed by atoms with van der Waals surface area (Å²) in [6.45, 7) is 5.67. The molecule has 108 valence electrons. The van der Waals surface area contributed by atoms with Crippen LogP contribution in [0, 0.1) is 17.3 Å². The normalized spacial score (nSPS) is 54.2. The molecule has 19 heavy (non-hydrogen) atoms. The summed E-state index contributed by atoms with van der Waals surface area (Å²) in [5.74, 6) is 0.560. The van der Waals surface area contributed by atoms with Gasteiger partial charge in [-0.25, -0.2) is 0 Å². The number of hydrogen-bond acceptors (Lipinski definition) is 5. The van der Waals surface area contributed by atoms with E-state index in [9.17, 15) is 5.11 Å². The first kappa shape index (κ1) is 12.5. The van der Waals surface area contributed by atoms with E-state index in [0.717, 1.165) is 19.6 Å². The smallest absolute Gasteiger partial charge is 0.188 e. The van der Waals surface area contributed by atoms with Crippen molar-refractivity contribution in [2.24, 2.45) is 17.3 Å². The first-order chi connectivity index (χ1) is 9.07. The van der Waals surface area contributed by atoms with E-state index in [0.29, 0.717) is 18.3 Å². The van der Waals surface area contributed by atoms with Crippen LogP contribution in [0.1, 0.15) is 26.7 Å². The topological polar surface area (TPSA) is 57.2 Å². The second-order valence-corrected chi connectivity index (χ2v) is 6.78. The summed E-state index contributed by atoms with van der Waals surface area (Å²) in [5.41, 5.74) is -0.0116. The predicted molar refractivity (Wildman–Crippen MR) is 65.2 cm³/mol. The molecule has 0 radical (unpaired) electrons. The molecule has 4 fully saturated rings. The third-order valence-corrected chi connectivity index (χ3v) is 5.38. The van der Waals surface area contributed by atoms with Crippen LogP contribution < -0.4 is 0 Å². The minimum Gasteiger partial charge on any atom is -0.396 e. The molecule has 3 aliphatic heterocycles. The van der Waals surface area contributed by atoms with Crippen molar-refractivity contribution in [3.63, 3.8) is 0 Å². The highest BCUT2D eigenvalue weighted by Gasteiger charge is 2.72. The van der Waals surface area contributed by atoms with Crippen molar-refractivity contribution < 1.29 is 24.1 Å². The van der Waals surface area contributed by atoms with E-state index < -0.39 is 5.79 Å². The molecular formula is C14H22O5. The van der Waals surface area contributed by atoms with Crippen molar-refractivity contribution >= 4 is 0 Å². The maximum Gasteiger partial charge on any atom is 0.188 e. The standard InChI is InChI=1S/C14H22O5/c1-13(2)18-11-12(19-13)17-10(3-4-15)14(11)5-8-6-16-7-9(8)14/h8-12,15H,3-7H2,1-2H3/t8-,9+,10-,11+,12-,14-/m1/s1. The van der Waals surface area contributed by atoms with Crippen LogP contribution in [0.3, 0.4) is 0 Å². The van der Waals surface area contributed by atoms with E-state index in [-0.39, 0.29) is 30.5 Å². The molecule has 3 heterocycles. The average molecular weight is 270 g/mol. The highest BCUT2D eigenvalue weighted by atomic mass is 16.8. The second-order valence-electron chi connectivity index (χ2n) is 6.78. The van der Waals surface area contributed by atoms with E-state index in [2.05, 4.69) is 0 Å². The van der Waals surface area contributed by atoms with Gasteiger partial charge >= 0.3 is 0 Å². The Bertz CT molecular complexity index is 384. The average Bonchev–Trinajstić information content (AvgIpc) is 2.89. The molecule has 0 aromatic heterocycles. The summed E-state index contributed by atoms with van der Waals surface area (Å²) < 4.78 is 23.7. The molecule has 0 aromatic rings. The lowest BCUT2D eigenvalue weighted by molar-refractivity contribution is -0.239. The number of aliphatic hydroxyl groups excluding tert-OH is 1. The predicted octanol–water partition coefficient (Wildman–Crippen LogP) is 0.898. The highest BCUT2D eigenvalue weighted by Crippen LogP contribution is 2.65. The van der Waals surface area contributed by atoms with Gasteiger partial charge in [0, 0.05) is 18.6 Å². The Kier molecular flexibility index (Phi) is 2.59. The molecule has 1 N–H and O–H groups in total. The van der Waals surface area contributed by atoms with Gasteiger partial charge in [-0.2, -0.15) is 0 Å². The zero-order chi connectivity index (χ0) is 13.3. The van der Waals surface area contributed by atoms with Crippen molar-refractivity contribution in [2.45, 2.75) is 51.0 Å². The Labute approximate surface area is 113 Å². The quantitative estimate of drug-likeness (QED) is 0.808. The van der Waals surface area contributed by atoms with Gasteiger partial charge in [0.2, 0.25) is 0 Å². The fraction of sp³-hybridized carbons (Fsp3) is 1.00. The summed E-state index contributed by atoms with van der Waals surface area (Å²) in [6, 6.07) is 0. The Hall–Kier alpha value is -0.200. The van der Waals surface area contributed by atoms with E-state index in [1.54, 1.807) is 0 Å². The van der Waals surface area contributed by atoms with Crippen molar-refractivity contribution in [2.75, 3.05) is 19.8 Å². The van der Waals surface area contributed by atoms with E-state index in [4.69, 9.17) is 18.9 Å². The molecule has 6 atom stereocenters. The first-order valence-electron chi connectivity index (χ1n) is 7.26. The number of ether oxygens (including phenoxy) is 4.